The third kappa shape index (κ3) is 3.23. The molecule has 0 spiro atoms. The quantitative estimate of drug-likeness (QED) is 0.801. The van der Waals surface area contributed by atoms with Crippen molar-refractivity contribution in [3.63, 3.8) is 0 Å². The van der Waals surface area contributed by atoms with Crippen molar-refractivity contribution >= 4 is 22.5 Å². The summed E-state index contributed by atoms with van der Waals surface area (Å²) in [6.45, 7) is 1.89. The van der Waals surface area contributed by atoms with Crippen molar-refractivity contribution in [1.29, 1.82) is 0 Å². The van der Waals surface area contributed by atoms with Gasteiger partial charge < -0.3 is 9.88 Å². The molecule has 122 valence electrons. The average molecular weight is 320 g/mol. The summed E-state index contributed by atoms with van der Waals surface area (Å²) in [6.07, 6.45) is 0.648. The molecule has 3 aromatic rings. The number of H-pyrrole nitrogens is 1. The predicted octanol–water partition coefficient (Wildman–Crippen LogP) is 3.37. The maximum absolute atomic E-state index is 12.7. The second kappa shape index (κ2) is 6.71. The lowest BCUT2D eigenvalue weighted by Crippen LogP contribution is -2.36. The summed E-state index contributed by atoms with van der Waals surface area (Å²) in [7, 11) is 1.66. The molecule has 1 amide bonds. The van der Waals surface area contributed by atoms with E-state index in [-0.39, 0.29) is 17.4 Å². The van der Waals surface area contributed by atoms with E-state index in [1.165, 1.54) is 4.90 Å². The molecule has 3 rings (SSSR count). The zero-order chi connectivity index (χ0) is 17.1. The summed E-state index contributed by atoms with van der Waals surface area (Å²) in [5.74, 6) is -0.275. The topological polar surface area (TPSA) is 53.2 Å². The van der Waals surface area contributed by atoms with Gasteiger partial charge in [-0.3, -0.25) is 9.59 Å². The van der Waals surface area contributed by atoms with Crippen molar-refractivity contribution in [2.24, 2.45) is 5.92 Å². The van der Waals surface area contributed by atoms with Crippen LogP contribution in [0.25, 0.3) is 10.9 Å². The third-order valence-corrected chi connectivity index (χ3v) is 4.23. The second-order valence-electron chi connectivity index (χ2n) is 6.06. The van der Waals surface area contributed by atoms with Gasteiger partial charge in [0.15, 0.2) is 0 Å². The smallest absolute Gasteiger partial charge is 0.272 e. The number of para-hydroxylation sites is 1. The number of nitrogens with zero attached hydrogens (tertiary/aromatic N) is 1. The Hall–Kier alpha value is -2.88. The minimum Gasteiger partial charge on any atom is -0.320 e. The summed E-state index contributed by atoms with van der Waals surface area (Å²) in [5, 5.41) is 0.905. The highest BCUT2D eigenvalue weighted by Gasteiger charge is 2.21. The zero-order valence-corrected chi connectivity index (χ0v) is 13.8. The fraction of sp³-hybridized carbons (Fsp3) is 0.200. The number of hydrogen-bond donors (Lipinski definition) is 1. The first-order valence-electron chi connectivity index (χ1n) is 8.00. The third-order valence-electron chi connectivity index (χ3n) is 4.23. The number of carbonyl (C=O) groups is 1. The average Bonchev–Trinajstić information content (AvgIpc) is 2.60. The number of pyridine rings is 1. The van der Waals surface area contributed by atoms with Gasteiger partial charge in [0.05, 0.1) is 0 Å². The molecule has 1 atom stereocenters. The summed E-state index contributed by atoms with van der Waals surface area (Å²) in [6, 6.07) is 19.2. The molecule has 0 saturated heterocycles. The molecule has 4 nitrogen and oxygen atoms in total. The van der Waals surface area contributed by atoms with Crippen LogP contribution in [0.5, 0.6) is 0 Å². The summed E-state index contributed by atoms with van der Waals surface area (Å²) in [5.41, 5.74) is 2.00. The molecule has 1 heterocycles. The van der Waals surface area contributed by atoms with Crippen molar-refractivity contribution in [2.75, 3.05) is 11.9 Å². The van der Waals surface area contributed by atoms with E-state index in [2.05, 4.69) is 4.98 Å². The number of benzene rings is 2. The number of fused-ring (bicyclic) bond motifs is 1. The molecule has 1 N–H and O–H groups in total. The Morgan fingerprint density at radius 2 is 1.75 bits per heavy atom. The van der Waals surface area contributed by atoms with Crippen molar-refractivity contribution in [3.05, 3.63) is 76.6 Å². The molecular weight excluding hydrogens is 300 g/mol. The van der Waals surface area contributed by atoms with Gasteiger partial charge in [0.2, 0.25) is 5.91 Å². The highest BCUT2D eigenvalue weighted by molar-refractivity contribution is 5.96. The molecule has 0 aliphatic rings. The Kier molecular flexibility index (Phi) is 4.47. The van der Waals surface area contributed by atoms with E-state index in [4.69, 9.17) is 0 Å². The van der Waals surface area contributed by atoms with E-state index in [0.717, 1.165) is 16.5 Å². The van der Waals surface area contributed by atoms with E-state index < -0.39 is 0 Å². The van der Waals surface area contributed by atoms with Gasteiger partial charge in [0.25, 0.3) is 5.56 Å². The van der Waals surface area contributed by atoms with E-state index in [1.54, 1.807) is 13.1 Å². The first-order chi connectivity index (χ1) is 11.6. The zero-order valence-electron chi connectivity index (χ0n) is 13.8. The van der Waals surface area contributed by atoms with Gasteiger partial charge in [0.1, 0.15) is 5.69 Å². The van der Waals surface area contributed by atoms with Crippen LogP contribution >= 0.6 is 0 Å². The maximum Gasteiger partial charge on any atom is 0.272 e. The summed E-state index contributed by atoms with van der Waals surface area (Å²) < 4.78 is 0. The number of aromatic nitrogens is 1. The van der Waals surface area contributed by atoms with Gasteiger partial charge in [-0.05, 0) is 24.1 Å². The van der Waals surface area contributed by atoms with Crippen LogP contribution in [0.1, 0.15) is 12.5 Å². The van der Waals surface area contributed by atoms with Crippen LogP contribution in [-0.4, -0.2) is 17.9 Å². The Bertz CT molecular complexity index is 916. The highest BCUT2D eigenvalue weighted by atomic mass is 16.2. The van der Waals surface area contributed by atoms with Crippen molar-refractivity contribution in [1.82, 2.24) is 4.98 Å². The second-order valence-corrected chi connectivity index (χ2v) is 6.06. The van der Waals surface area contributed by atoms with Gasteiger partial charge in [-0.15, -0.1) is 0 Å². The first kappa shape index (κ1) is 16.0. The van der Waals surface area contributed by atoms with E-state index >= 15 is 0 Å². The predicted molar refractivity (Wildman–Crippen MR) is 97.3 cm³/mol. The van der Waals surface area contributed by atoms with Gasteiger partial charge in [-0.2, -0.15) is 0 Å². The van der Waals surface area contributed by atoms with Crippen LogP contribution in [-0.2, 0) is 11.2 Å². The summed E-state index contributed by atoms with van der Waals surface area (Å²) in [4.78, 5) is 29.3. The van der Waals surface area contributed by atoms with E-state index in [0.29, 0.717) is 12.1 Å². The van der Waals surface area contributed by atoms with Crippen LogP contribution in [0.15, 0.2) is 65.5 Å². The largest absolute Gasteiger partial charge is 0.320 e. The number of nitrogens with one attached hydrogen (secondary N) is 1. The molecule has 24 heavy (non-hydrogen) atoms. The van der Waals surface area contributed by atoms with Crippen molar-refractivity contribution in [2.45, 2.75) is 13.3 Å². The van der Waals surface area contributed by atoms with Crippen LogP contribution in [0, 0.1) is 5.92 Å². The molecule has 0 radical (unpaired) electrons. The number of hydrogen-bond acceptors (Lipinski definition) is 2. The van der Waals surface area contributed by atoms with Crippen molar-refractivity contribution in [3.8, 4) is 0 Å². The fourth-order valence-electron chi connectivity index (χ4n) is 2.89. The lowest BCUT2D eigenvalue weighted by molar-refractivity contribution is -0.121. The number of amides is 1. The Morgan fingerprint density at radius 1 is 1.08 bits per heavy atom. The molecule has 0 saturated carbocycles. The maximum atomic E-state index is 12.7. The van der Waals surface area contributed by atoms with Gasteiger partial charge in [-0.25, -0.2) is 0 Å². The normalized spacial score (nSPS) is 12.1. The molecule has 1 aromatic heterocycles. The molecule has 2 aromatic carbocycles. The molecular formula is C20H20N2O2. The van der Waals surface area contributed by atoms with E-state index in [1.807, 2.05) is 61.5 Å². The molecule has 0 aliphatic carbocycles. The SMILES string of the molecule is C[C@H](Cc1ccccc1)C(=O)N(C)c1cc2ccccc2[nH]c1=O. The van der Waals surface area contributed by atoms with Crippen LogP contribution < -0.4 is 10.5 Å². The molecule has 0 aliphatic heterocycles. The number of anilines is 1. The number of rotatable bonds is 4. The number of aromatic amines is 1. The monoisotopic (exact) mass is 320 g/mol. The van der Waals surface area contributed by atoms with Gasteiger partial charge in [0, 0.05) is 23.9 Å². The highest BCUT2D eigenvalue weighted by Crippen LogP contribution is 2.18. The Balaban J connectivity index is 1.85. The van der Waals surface area contributed by atoms with Gasteiger partial charge in [-0.1, -0.05) is 55.5 Å². The lowest BCUT2D eigenvalue weighted by Gasteiger charge is -2.21. The Labute approximate surface area is 140 Å². The van der Waals surface area contributed by atoms with Crippen LogP contribution in [0.2, 0.25) is 0 Å². The minimum atomic E-state index is -0.253. The Morgan fingerprint density at radius 3 is 2.50 bits per heavy atom. The van der Waals surface area contributed by atoms with E-state index in [9.17, 15) is 9.59 Å². The first-order valence-corrected chi connectivity index (χ1v) is 8.00. The van der Waals surface area contributed by atoms with Gasteiger partial charge >= 0.3 is 0 Å². The van der Waals surface area contributed by atoms with Crippen molar-refractivity contribution < 1.29 is 4.79 Å². The van der Waals surface area contributed by atoms with Crippen LogP contribution in [0.3, 0.4) is 0 Å². The number of carbonyl (C=O) groups excluding carboxylic acids is 1. The van der Waals surface area contributed by atoms with Crippen LogP contribution in [0.4, 0.5) is 5.69 Å². The molecule has 4 heteroatoms. The summed E-state index contributed by atoms with van der Waals surface area (Å²) >= 11 is 0. The minimum absolute atomic E-state index is 0.0698. The lowest BCUT2D eigenvalue weighted by atomic mass is 10.00. The standard InChI is InChI=1S/C20H20N2O2/c1-14(12-15-8-4-3-5-9-15)20(24)22(2)18-13-16-10-6-7-11-17(16)21-19(18)23/h3-11,13-14H,12H2,1-2H3,(H,21,23)/t14-/m1/s1. The fourth-order valence-corrected chi connectivity index (χ4v) is 2.89. The molecule has 0 bridgehead atoms. The molecule has 0 unspecified atom stereocenters. The molecule has 0 fully saturated rings.